The molecule has 10 nitrogen and oxygen atoms in total. The van der Waals surface area contributed by atoms with Gasteiger partial charge in [-0.25, -0.2) is 9.59 Å². The van der Waals surface area contributed by atoms with Gasteiger partial charge in [0.1, 0.15) is 17.5 Å². The largest absolute Gasteiger partial charge is 0.482 e. The molecule has 0 radical (unpaired) electrons. The molecule has 0 spiro atoms. The highest BCUT2D eigenvalue weighted by molar-refractivity contribution is 5.96. The third-order valence-electron chi connectivity index (χ3n) is 6.04. The van der Waals surface area contributed by atoms with Gasteiger partial charge in [0, 0.05) is 36.2 Å². The van der Waals surface area contributed by atoms with Crippen LogP contribution in [-0.4, -0.2) is 56.0 Å². The Bertz CT molecular complexity index is 1220. The van der Waals surface area contributed by atoms with Crippen LogP contribution in [0.15, 0.2) is 60.3 Å². The number of amides is 2. The maximum absolute atomic E-state index is 13.0. The van der Waals surface area contributed by atoms with Crippen molar-refractivity contribution in [3.05, 3.63) is 65.9 Å². The number of nitrogens with one attached hydrogen (secondary N) is 2. The summed E-state index contributed by atoms with van der Waals surface area (Å²) in [5, 5.41) is 5.66. The van der Waals surface area contributed by atoms with Gasteiger partial charge in [-0.05, 0) is 63.6 Å². The lowest BCUT2D eigenvalue weighted by molar-refractivity contribution is -0.145. The van der Waals surface area contributed by atoms with Crippen molar-refractivity contribution >= 4 is 29.3 Å². The van der Waals surface area contributed by atoms with Gasteiger partial charge in [0.2, 0.25) is 5.91 Å². The molecule has 10 heteroatoms. The number of morpholine rings is 1. The molecule has 1 fully saturated rings. The number of hydrogen-bond acceptors (Lipinski definition) is 8. The molecule has 2 atom stereocenters. The SMILES string of the molecule is CCOC(=O)COc1cccc(N2CCOC3C2=CC3C(=O)Nc2ccc(CNC(=O)OC(C)(C)C)cc2)c1. The Morgan fingerprint density at radius 1 is 1.10 bits per heavy atom. The van der Waals surface area contributed by atoms with Crippen LogP contribution in [-0.2, 0) is 30.3 Å². The Labute approximate surface area is 228 Å². The van der Waals surface area contributed by atoms with Crippen LogP contribution in [0, 0.1) is 5.92 Å². The summed E-state index contributed by atoms with van der Waals surface area (Å²) in [6.07, 6.45) is 1.08. The summed E-state index contributed by atoms with van der Waals surface area (Å²) >= 11 is 0. The van der Waals surface area contributed by atoms with E-state index in [0.717, 1.165) is 16.9 Å². The molecule has 2 unspecified atom stereocenters. The Hall–Kier alpha value is -4.05. The van der Waals surface area contributed by atoms with Gasteiger partial charge < -0.3 is 34.5 Å². The first kappa shape index (κ1) is 28.0. The molecule has 2 aromatic carbocycles. The third kappa shape index (κ3) is 7.51. The van der Waals surface area contributed by atoms with Gasteiger partial charge in [0.05, 0.1) is 19.1 Å². The van der Waals surface area contributed by atoms with Crippen LogP contribution in [0.3, 0.4) is 0 Å². The predicted octanol–water partition coefficient (Wildman–Crippen LogP) is 4.01. The smallest absolute Gasteiger partial charge is 0.407 e. The lowest BCUT2D eigenvalue weighted by atomic mass is 9.84. The van der Waals surface area contributed by atoms with Crippen LogP contribution >= 0.6 is 0 Å². The van der Waals surface area contributed by atoms with Gasteiger partial charge >= 0.3 is 12.1 Å². The number of rotatable bonds is 9. The highest BCUT2D eigenvalue weighted by Crippen LogP contribution is 2.39. The summed E-state index contributed by atoms with van der Waals surface area (Å²) in [4.78, 5) is 38.5. The Balaban J connectivity index is 1.32. The fourth-order valence-corrected chi connectivity index (χ4v) is 4.26. The second-order valence-electron chi connectivity index (χ2n) is 10.2. The second kappa shape index (κ2) is 12.2. The summed E-state index contributed by atoms with van der Waals surface area (Å²) in [6, 6.07) is 14.7. The molecule has 39 heavy (non-hydrogen) atoms. The van der Waals surface area contributed by atoms with E-state index in [9.17, 15) is 14.4 Å². The van der Waals surface area contributed by atoms with Crippen molar-refractivity contribution in [3.63, 3.8) is 0 Å². The molecule has 1 aliphatic heterocycles. The van der Waals surface area contributed by atoms with E-state index in [1.807, 2.05) is 57.2 Å². The van der Waals surface area contributed by atoms with E-state index in [2.05, 4.69) is 15.5 Å². The monoisotopic (exact) mass is 537 g/mol. The number of nitrogens with zero attached hydrogens (tertiary/aromatic N) is 1. The summed E-state index contributed by atoms with van der Waals surface area (Å²) in [7, 11) is 0. The highest BCUT2D eigenvalue weighted by Gasteiger charge is 2.43. The topological polar surface area (TPSA) is 115 Å². The minimum Gasteiger partial charge on any atom is -0.482 e. The van der Waals surface area contributed by atoms with Gasteiger partial charge in [-0.3, -0.25) is 4.79 Å². The minimum absolute atomic E-state index is 0.156. The molecular weight excluding hydrogens is 502 g/mol. The number of carbonyl (C=O) groups excluding carboxylic acids is 3. The zero-order valence-electron chi connectivity index (χ0n) is 22.7. The molecule has 0 bridgehead atoms. The fourth-order valence-electron chi connectivity index (χ4n) is 4.26. The lowest BCUT2D eigenvalue weighted by Crippen LogP contribution is -2.52. The van der Waals surface area contributed by atoms with Crippen LogP contribution < -0.4 is 20.3 Å². The van der Waals surface area contributed by atoms with Gasteiger partial charge in [-0.2, -0.15) is 0 Å². The normalized spacial score (nSPS) is 18.2. The average molecular weight is 538 g/mol. The molecule has 2 aromatic rings. The first-order valence-electron chi connectivity index (χ1n) is 13.0. The number of benzene rings is 2. The zero-order chi connectivity index (χ0) is 28.0. The maximum Gasteiger partial charge on any atom is 0.407 e. The Morgan fingerprint density at radius 2 is 1.87 bits per heavy atom. The van der Waals surface area contributed by atoms with Gasteiger partial charge in [-0.15, -0.1) is 0 Å². The molecule has 0 saturated carbocycles. The van der Waals surface area contributed by atoms with Crippen molar-refractivity contribution in [3.8, 4) is 5.75 Å². The molecule has 1 heterocycles. The fraction of sp³-hybridized carbons (Fsp3) is 0.414. The molecule has 4 rings (SSSR count). The number of alkyl carbamates (subject to hydrolysis) is 1. The van der Waals surface area contributed by atoms with E-state index >= 15 is 0 Å². The minimum atomic E-state index is -0.559. The number of carbonyl (C=O) groups is 3. The summed E-state index contributed by atoms with van der Waals surface area (Å²) < 4.78 is 21.6. The van der Waals surface area contributed by atoms with Crippen molar-refractivity contribution in [2.75, 3.05) is 36.6 Å². The Kier molecular flexibility index (Phi) is 8.75. The first-order valence-corrected chi connectivity index (χ1v) is 13.0. The van der Waals surface area contributed by atoms with E-state index < -0.39 is 23.6 Å². The van der Waals surface area contributed by atoms with E-state index in [4.69, 9.17) is 18.9 Å². The zero-order valence-corrected chi connectivity index (χ0v) is 22.7. The molecule has 0 aromatic heterocycles. The third-order valence-corrected chi connectivity index (χ3v) is 6.04. The van der Waals surface area contributed by atoms with E-state index in [0.29, 0.717) is 37.7 Å². The number of ether oxygens (including phenoxy) is 4. The van der Waals surface area contributed by atoms with Crippen LogP contribution in [0.1, 0.15) is 33.3 Å². The molecule has 2 aliphatic rings. The van der Waals surface area contributed by atoms with Crippen LogP contribution in [0.4, 0.5) is 16.2 Å². The molecule has 1 aliphatic carbocycles. The molecular formula is C29H35N3O7. The Morgan fingerprint density at radius 3 is 2.59 bits per heavy atom. The molecule has 2 N–H and O–H groups in total. The number of fused-ring (bicyclic) bond motifs is 1. The van der Waals surface area contributed by atoms with Crippen LogP contribution in [0.5, 0.6) is 5.75 Å². The standard InChI is InChI=1S/C29H35N3O7/c1-5-36-25(33)18-38-22-8-6-7-21(15-22)32-13-14-37-26-23(16-24(26)32)27(34)31-20-11-9-19(10-12-20)17-30-28(35)39-29(2,3)4/h6-12,15-16,23,26H,5,13-14,17-18H2,1-4H3,(H,30,35)(H,31,34). The average Bonchev–Trinajstić information content (AvgIpc) is 2.87. The van der Waals surface area contributed by atoms with Crippen LogP contribution in [0.2, 0.25) is 0 Å². The maximum atomic E-state index is 13.0. The van der Waals surface area contributed by atoms with Crippen molar-refractivity contribution in [2.45, 2.75) is 45.9 Å². The van der Waals surface area contributed by atoms with E-state index in [1.54, 1.807) is 25.1 Å². The first-order chi connectivity index (χ1) is 18.6. The summed E-state index contributed by atoms with van der Waals surface area (Å²) in [5.74, 6) is -0.434. The number of esters is 1. The number of hydrogen-bond donors (Lipinski definition) is 2. The van der Waals surface area contributed by atoms with Crippen molar-refractivity contribution in [1.29, 1.82) is 0 Å². The quantitative estimate of drug-likeness (QED) is 0.461. The van der Waals surface area contributed by atoms with Gasteiger partial charge in [0.25, 0.3) is 0 Å². The van der Waals surface area contributed by atoms with Gasteiger partial charge in [-0.1, -0.05) is 18.2 Å². The highest BCUT2D eigenvalue weighted by atomic mass is 16.6. The summed E-state index contributed by atoms with van der Waals surface area (Å²) in [6.45, 7) is 8.75. The van der Waals surface area contributed by atoms with Crippen molar-refractivity contribution in [1.82, 2.24) is 5.32 Å². The lowest BCUT2D eigenvalue weighted by Gasteiger charge is -2.45. The predicted molar refractivity (Wildman–Crippen MR) is 145 cm³/mol. The number of anilines is 2. The van der Waals surface area contributed by atoms with Gasteiger partial charge in [0.15, 0.2) is 6.61 Å². The van der Waals surface area contributed by atoms with E-state index in [-0.39, 0.29) is 18.6 Å². The van der Waals surface area contributed by atoms with Crippen molar-refractivity contribution in [2.24, 2.45) is 5.92 Å². The van der Waals surface area contributed by atoms with Crippen molar-refractivity contribution < 1.29 is 33.3 Å². The summed E-state index contributed by atoms with van der Waals surface area (Å²) in [5.41, 5.74) is 2.79. The molecule has 2 amide bonds. The second-order valence-corrected chi connectivity index (χ2v) is 10.2. The van der Waals surface area contributed by atoms with E-state index in [1.165, 1.54) is 0 Å². The molecule has 208 valence electrons. The molecule has 1 saturated heterocycles. The van der Waals surface area contributed by atoms with Crippen LogP contribution in [0.25, 0.3) is 0 Å².